The second-order valence-electron chi connectivity index (χ2n) is 4.42. The number of ether oxygens (including phenoxy) is 2. The van der Waals surface area contributed by atoms with Crippen molar-refractivity contribution >= 4 is 5.91 Å². The minimum absolute atomic E-state index is 0.0262. The van der Waals surface area contributed by atoms with Crippen molar-refractivity contribution in [1.82, 2.24) is 10.3 Å². The molecule has 1 unspecified atom stereocenters. The maximum atomic E-state index is 12.6. The van der Waals surface area contributed by atoms with Crippen LogP contribution in [0.25, 0.3) is 0 Å². The molecule has 21 heavy (non-hydrogen) atoms. The zero-order valence-corrected chi connectivity index (χ0v) is 10.9. The molecule has 2 rings (SSSR count). The van der Waals surface area contributed by atoms with Crippen molar-refractivity contribution in [3.63, 3.8) is 0 Å². The van der Waals surface area contributed by atoms with Gasteiger partial charge in [-0.25, -0.2) is 4.98 Å². The van der Waals surface area contributed by atoms with Crippen molar-refractivity contribution in [3.8, 4) is 5.88 Å². The van der Waals surface area contributed by atoms with Crippen LogP contribution < -0.4 is 15.8 Å². The Hall–Kier alpha value is -1.87. The standard InChI is InChI=1S/C12H14F3N3O3/c13-12(14,15)9-2-1-8(10(16)19)11(18-9)21-6-7-5-17-3-4-20-7/h1-2,7,17H,3-6H2,(H2,16,19). The Balaban J connectivity index is 2.16. The van der Waals surface area contributed by atoms with Gasteiger partial charge in [0.25, 0.3) is 5.91 Å². The SMILES string of the molecule is NC(=O)c1ccc(C(F)(F)F)nc1OCC1CNCCO1. The third kappa shape index (κ3) is 4.05. The number of morpholine rings is 1. The summed E-state index contributed by atoms with van der Waals surface area (Å²) in [6.07, 6.45) is -4.95. The summed E-state index contributed by atoms with van der Waals surface area (Å²) in [4.78, 5) is 14.5. The molecule has 1 saturated heterocycles. The zero-order chi connectivity index (χ0) is 15.5. The first-order valence-corrected chi connectivity index (χ1v) is 6.21. The number of nitrogens with two attached hydrogens (primary N) is 1. The summed E-state index contributed by atoms with van der Waals surface area (Å²) in [5.41, 5.74) is 3.75. The number of amides is 1. The smallest absolute Gasteiger partial charge is 0.433 e. The van der Waals surface area contributed by atoms with Gasteiger partial charge in [0.15, 0.2) is 0 Å². The molecule has 1 atom stereocenters. The Morgan fingerprint density at radius 1 is 1.52 bits per heavy atom. The highest BCUT2D eigenvalue weighted by molar-refractivity contribution is 5.95. The van der Waals surface area contributed by atoms with Crippen LogP contribution in [0.3, 0.4) is 0 Å². The number of nitrogens with zero attached hydrogens (tertiary/aromatic N) is 1. The third-order valence-corrected chi connectivity index (χ3v) is 2.83. The van der Waals surface area contributed by atoms with Crippen LogP contribution in [0.5, 0.6) is 5.88 Å². The van der Waals surface area contributed by atoms with Crippen LogP contribution in [-0.4, -0.2) is 43.3 Å². The average Bonchev–Trinajstić information content (AvgIpc) is 2.45. The molecule has 9 heteroatoms. The van der Waals surface area contributed by atoms with E-state index in [-0.39, 0.29) is 18.3 Å². The molecule has 2 heterocycles. The lowest BCUT2D eigenvalue weighted by Gasteiger charge is -2.23. The number of aromatic nitrogens is 1. The van der Waals surface area contributed by atoms with Gasteiger partial charge in [0.1, 0.15) is 24.0 Å². The summed E-state index contributed by atoms with van der Waals surface area (Å²) in [6, 6.07) is 1.64. The number of pyridine rings is 1. The van der Waals surface area contributed by atoms with Crippen molar-refractivity contribution in [2.45, 2.75) is 12.3 Å². The number of carbonyl (C=O) groups is 1. The fourth-order valence-electron chi connectivity index (χ4n) is 1.79. The highest BCUT2D eigenvalue weighted by Crippen LogP contribution is 2.30. The molecule has 0 aromatic carbocycles. The number of rotatable bonds is 4. The topological polar surface area (TPSA) is 86.5 Å². The van der Waals surface area contributed by atoms with Crippen molar-refractivity contribution in [2.24, 2.45) is 5.73 Å². The number of hydrogen-bond acceptors (Lipinski definition) is 5. The van der Waals surface area contributed by atoms with Gasteiger partial charge in [0.05, 0.1) is 6.61 Å². The first-order chi connectivity index (χ1) is 9.88. The summed E-state index contributed by atoms with van der Waals surface area (Å²) in [5.74, 6) is -1.35. The molecular formula is C12H14F3N3O3. The summed E-state index contributed by atoms with van der Waals surface area (Å²) >= 11 is 0. The average molecular weight is 305 g/mol. The molecule has 0 aliphatic carbocycles. The number of nitrogens with one attached hydrogen (secondary N) is 1. The van der Waals surface area contributed by atoms with Crippen LogP contribution >= 0.6 is 0 Å². The number of carbonyl (C=O) groups excluding carboxylic acids is 1. The molecule has 116 valence electrons. The van der Waals surface area contributed by atoms with Gasteiger partial charge >= 0.3 is 6.18 Å². The summed E-state index contributed by atoms with van der Waals surface area (Å²) < 4.78 is 48.4. The predicted molar refractivity (Wildman–Crippen MR) is 65.9 cm³/mol. The molecule has 1 aliphatic rings. The number of halogens is 3. The van der Waals surface area contributed by atoms with E-state index in [1.807, 2.05) is 0 Å². The van der Waals surface area contributed by atoms with Crippen molar-refractivity contribution in [2.75, 3.05) is 26.3 Å². The van der Waals surface area contributed by atoms with Gasteiger partial charge in [-0.2, -0.15) is 13.2 Å². The second kappa shape index (κ2) is 6.27. The third-order valence-electron chi connectivity index (χ3n) is 2.83. The van der Waals surface area contributed by atoms with Gasteiger partial charge in [-0.1, -0.05) is 0 Å². The first-order valence-electron chi connectivity index (χ1n) is 6.21. The Bertz CT molecular complexity index is 516. The van der Waals surface area contributed by atoms with Gasteiger partial charge in [0.2, 0.25) is 5.88 Å². The molecule has 1 aromatic rings. The molecule has 0 radical (unpaired) electrons. The highest BCUT2D eigenvalue weighted by atomic mass is 19.4. The van der Waals surface area contributed by atoms with E-state index in [1.165, 1.54) is 0 Å². The second-order valence-corrected chi connectivity index (χ2v) is 4.42. The van der Waals surface area contributed by atoms with Crippen molar-refractivity contribution in [3.05, 3.63) is 23.4 Å². The lowest BCUT2D eigenvalue weighted by Crippen LogP contribution is -2.41. The van der Waals surface area contributed by atoms with E-state index < -0.39 is 23.7 Å². The highest BCUT2D eigenvalue weighted by Gasteiger charge is 2.34. The summed E-state index contributed by atoms with van der Waals surface area (Å²) in [6.45, 7) is 1.66. The van der Waals surface area contributed by atoms with Crippen molar-refractivity contribution in [1.29, 1.82) is 0 Å². The maximum absolute atomic E-state index is 12.6. The molecule has 1 aromatic heterocycles. The van der Waals surface area contributed by atoms with E-state index in [2.05, 4.69) is 10.3 Å². The van der Waals surface area contributed by atoms with E-state index in [9.17, 15) is 18.0 Å². The summed E-state index contributed by atoms with van der Waals surface area (Å²) in [7, 11) is 0. The van der Waals surface area contributed by atoms with E-state index in [4.69, 9.17) is 15.2 Å². The Morgan fingerprint density at radius 3 is 2.86 bits per heavy atom. The lowest BCUT2D eigenvalue weighted by molar-refractivity contribution is -0.141. The van der Waals surface area contributed by atoms with Gasteiger partial charge in [-0.05, 0) is 12.1 Å². The zero-order valence-electron chi connectivity index (χ0n) is 10.9. The molecule has 1 amide bonds. The van der Waals surface area contributed by atoms with Gasteiger partial charge in [-0.3, -0.25) is 4.79 Å². The Morgan fingerprint density at radius 2 is 2.29 bits per heavy atom. The quantitative estimate of drug-likeness (QED) is 0.849. The predicted octanol–water partition coefficient (Wildman–Crippen LogP) is 0.567. The molecule has 6 nitrogen and oxygen atoms in total. The van der Waals surface area contributed by atoms with Gasteiger partial charge in [-0.15, -0.1) is 0 Å². The fourth-order valence-corrected chi connectivity index (χ4v) is 1.79. The normalized spacial score (nSPS) is 19.3. The number of hydrogen-bond donors (Lipinski definition) is 2. The van der Waals surface area contributed by atoms with Gasteiger partial charge in [0, 0.05) is 13.1 Å². The van der Waals surface area contributed by atoms with E-state index in [1.54, 1.807) is 0 Å². The van der Waals surface area contributed by atoms with Crippen LogP contribution in [0.1, 0.15) is 16.1 Å². The van der Waals surface area contributed by atoms with Crippen LogP contribution in [-0.2, 0) is 10.9 Å². The van der Waals surface area contributed by atoms with Crippen LogP contribution in [0.4, 0.5) is 13.2 Å². The molecule has 3 N–H and O–H groups in total. The van der Waals surface area contributed by atoms with Crippen LogP contribution in [0.2, 0.25) is 0 Å². The van der Waals surface area contributed by atoms with E-state index in [0.717, 1.165) is 6.07 Å². The Kier molecular flexibility index (Phi) is 4.63. The first kappa shape index (κ1) is 15.5. The van der Waals surface area contributed by atoms with Crippen molar-refractivity contribution < 1.29 is 27.4 Å². The van der Waals surface area contributed by atoms with Gasteiger partial charge < -0.3 is 20.5 Å². The van der Waals surface area contributed by atoms with E-state index in [0.29, 0.717) is 25.8 Å². The molecule has 0 spiro atoms. The molecule has 0 bridgehead atoms. The molecule has 1 fully saturated rings. The number of alkyl halides is 3. The largest absolute Gasteiger partial charge is 0.474 e. The number of primary amides is 1. The summed E-state index contributed by atoms with van der Waals surface area (Å²) in [5, 5.41) is 3.05. The minimum Gasteiger partial charge on any atom is -0.474 e. The monoisotopic (exact) mass is 305 g/mol. The molecule has 1 aliphatic heterocycles. The lowest BCUT2D eigenvalue weighted by atomic mass is 10.2. The van der Waals surface area contributed by atoms with Crippen LogP contribution in [0, 0.1) is 0 Å². The maximum Gasteiger partial charge on any atom is 0.433 e. The minimum atomic E-state index is -4.63. The fraction of sp³-hybridized carbons (Fsp3) is 0.500. The Labute approximate surface area is 118 Å². The van der Waals surface area contributed by atoms with Crippen LogP contribution in [0.15, 0.2) is 12.1 Å². The molecule has 0 saturated carbocycles. The van der Waals surface area contributed by atoms with E-state index >= 15 is 0 Å². The molecular weight excluding hydrogens is 291 g/mol.